The molecule has 4 N–H and O–H groups in total. The minimum Gasteiger partial charge on any atom is -0.497 e. The number of hydrogen-bond acceptors (Lipinski definition) is 4. The Labute approximate surface area is 142 Å². The molecule has 24 heavy (non-hydrogen) atoms. The van der Waals surface area contributed by atoms with Gasteiger partial charge in [-0.15, -0.1) is 0 Å². The van der Waals surface area contributed by atoms with Gasteiger partial charge < -0.3 is 20.9 Å². The van der Waals surface area contributed by atoms with Crippen molar-refractivity contribution in [1.29, 1.82) is 0 Å². The fraction of sp³-hybridized carbons (Fsp3) is 0.316. The first-order valence-electron chi connectivity index (χ1n) is 7.88. The summed E-state index contributed by atoms with van der Waals surface area (Å²) in [6.07, 6.45) is -0.648. The number of aliphatic hydroxyl groups excluding tert-OH is 1. The molecule has 0 fully saturated rings. The van der Waals surface area contributed by atoms with Crippen LogP contribution in [-0.2, 0) is 16.8 Å². The van der Waals surface area contributed by atoms with Gasteiger partial charge in [-0.05, 0) is 36.6 Å². The maximum absolute atomic E-state index is 12.2. The summed E-state index contributed by atoms with van der Waals surface area (Å²) in [5, 5.41) is 13.1. The van der Waals surface area contributed by atoms with E-state index in [1.165, 1.54) is 0 Å². The molecule has 2 unspecified atom stereocenters. The number of carbonyl (C=O) groups excluding carboxylic acids is 1. The molecule has 5 nitrogen and oxygen atoms in total. The van der Waals surface area contributed by atoms with Gasteiger partial charge in [0.2, 0.25) is 0 Å². The van der Waals surface area contributed by atoms with E-state index in [0.29, 0.717) is 24.3 Å². The van der Waals surface area contributed by atoms with Crippen LogP contribution >= 0.6 is 0 Å². The smallest absolute Gasteiger partial charge is 0.251 e. The number of amides is 1. The van der Waals surface area contributed by atoms with Gasteiger partial charge in [-0.2, -0.15) is 0 Å². The van der Waals surface area contributed by atoms with Crippen LogP contribution in [-0.4, -0.2) is 30.8 Å². The lowest BCUT2D eigenvalue weighted by Gasteiger charge is -2.30. The Morgan fingerprint density at radius 3 is 2.42 bits per heavy atom. The van der Waals surface area contributed by atoms with Crippen LogP contribution in [0.5, 0.6) is 5.75 Å². The normalized spacial score (nSPS) is 14.5. The summed E-state index contributed by atoms with van der Waals surface area (Å²) in [7, 11) is 1.58. The zero-order valence-corrected chi connectivity index (χ0v) is 14.0. The van der Waals surface area contributed by atoms with E-state index in [2.05, 4.69) is 5.32 Å². The number of hydrogen-bond donors (Lipinski definition) is 3. The van der Waals surface area contributed by atoms with Gasteiger partial charge in [-0.3, -0.25) is 4.79 Å². The van der Waals surface area contributed by atoms with E-state index in [0.717, 1.165) is 5.56 Å². The lowest BCUT2D eigenvalue weighted by atomic mass is 9.87. The van der Waals surface area contributed by atoms with Crippen LogP contribution in [0.4, 0.5) is 0 Å². The number of methoxy groups -OCH3 is 1. The zero-order valence-electron chi connectivity index (χ0n) is 14.0. The predicted octanol–water partition coefficient (Wildman–Crippen LogP) is 1.59. The second-order valence-electron chi connectivity index (χ2n) is 5.94. The monoisotopic (exact) mass is 328 g/mol. The number of nitrogens with two attached hydrogens (primary N) is 1. The number of nitrogens with one attached hydrogen (secondary N) is 1. The molecule has 0 aromatic heterocycles. The van der Waals surface area contributed by atoms with Gasteiger partial charge in [0.15, 0.2) is 6.10 Å². The summed E-state index contributed by atoms with van der Waals surface area (Å²) in [4.78, 5) is 12.2. The summed E-state index contributed by atoms with van der Waals surface area (Å²) < 4.78 is 5.10. The molecular formula is C19H24N2O3. The van der Waals surface area contributed by atoms with Crippen molar-refractivity contribution in [2.24, 2.45) is 5.73 Å². The quantitative estimate of drug-likeness (QED) is 0.720. The van der Waals surface area contributed by atoms with Crippen molar-refractivity contribution < 1.29 is 14.6 Å². The van der Waals surface area contributed by atoms with Crippen LogP contribution in [0, 0.1) is 0 Å². The van der Waals surface area contributed by atoms with E-state index in [9.17, 15) is 9.90 Å². The molecule has 5 heteroatoms. The Bertz CT molecular complexity index is 654. The Hall–Kier alpha value is -2.37. The van der Waals surface area contributed by atoms with Crippen molar-refractivity contribution in [2.45, 2.75) is 25.0 Å². The molecule has 0 saturated heterocycles. The minimum atomic E-state index is -1.35. The third-order valence-electron chi connectivity index (χ3n) is 4.08. The first-order valence-corrected chi connectivity index (χ1v) is 7.88. The highest BCUT2D eigenvalue weighted by atomic mass is 16.5. The fourth-order valence-corrected chi connectivity index (χ4v) is 2.45. The van der Waals surface area contributed by atoms with Gasteiger partial charge in [-0.1, -0.05) is 42.5 Å². The maximum Gasteiger partial charge on any atom is 0.251 e. The third-order valence-corrected chi connectivity index (χ3v) is 4.08. The summed E-state index contributed by atoms with van der Waals surface area (Å²) in [5.74, 6) is 0.211. The minimum absolute atomic E-state index is 0.443. The lowest BCUT2D eigenvalue weighted by molar-refractivity contribution is -0.132. The van der Waals surface area contributed by atoms with Gasteiger partial charge in [0, 0.05) is 6.54 Å². The predicted molar refractivity (Wildman–Crippen MR) is 93.7 cm³/mol. The molecule has 2 aromatic rings. The number of benzene rings is 2. The fourth-order valence-electron chi connectivity index (χ4n) is 2.45. The van der Waals surface area contributed by atoms with Gasteiger partial charge in [-0.25, -0.2) is 0 Å². The average molecular weight is 328 g/mol. The molecule has 2 rings (SSSR count). The van der Waals surface area contributed by atoms with Crippen LogP contribution in [0.25, 0.3) is 0 Å². The molecular weight excluding hydrogens is 304 g/mol. The first-order chi connectivity index (χ1) is 11.4. The third kappa shape index (κ3) is 4.34. The second-order valence-corrected chi connectivity index (χ2v) is 5.94. The number of rotatable bonds is 7. The van der Waals surface area contributed by atoms with Crippen molar-refractivity contribution >= 4 is 5.91 Å². The van der Waals surface area contributed by atoms with Gasteiger partial charge in [0.05, 0.1) is 12.6 Å². The zero-order chi connectivity index (χ0) is 17.6. The van der Waals surface area contributed by atoms with Crippen LogP contribution in [0.1, 0.15) is 18.1 Å². The number of ether oxygens (including phenoxy) is 1. The van der Waals surface area contributed by atoms with E-state index >= 15 is 0 Å². The Morgan fingerprint density at radius 2 is 1.83 bits per heavy atom. The van der Waals surface area contributed by atoms with E-state index in [1.807, 2.05) is 30.3 Å². The molecule has 0 bridgehead atoms. The SMILES string of the molecule is COc1ccc(C(C)(N)C(O)C(=O)NCCc2ccccc2)cc1. The molecule has 0 aliphatic heterocycles. The molecule has 0 heterocycles. The van der Waals surface area contributed by atoms with Gasteiger partial charge >= 0.3 is 0 Å². The molecule has 2 aromatic carbocycles. The summed E-state index contributed by atoms with van der Waals surface area (Å²) >= 11 is 0. The van der Waals surface area contributed by atoms with Crippen LogP contribution in [0.15, 0.2) is 54.6 Å². The van der Waals surface area contributed by atoms with Crippen molar-refractivity contribution in [1.82, 2.24) is 5.32 Å². The molecule has 1 amide bonds. The standard InChI is InChI=1S/C19H24N2O3/c1-19(20,15-8-10-16(24-2)11-9-15)17(22)18(23)21-13-12-14-6-4-3-5-7-14/h3-11,17,22H,12-13,20H2,1-2H3,(H,21,23). The number of carbonyl (C=O) groups is 1. The van der Waals surface area contributed by atoms with Gasteiger partial charge in [0.1, 0.15) is 5.75 Å². The average Bonchev–Trinajstić information content (AvgIpc) is 2.61. The van der Waals surface area contributed by atoms with E-state index in [1.54, 1.807) is 38.3 Å². The lowest BCUT2D eigenvalue weighted by Crippen LogP contribution is -2.53. The maximum atomic E-state index is 12.2. The topological polar surface area (TPSA) is 84.6 Å². The summed E-state index contributed by atoms with van der Waals surface area (Å²) in [6.45, 7) is 2.08. The van der Waals surface area contributed by atoms with Crippen LogP contribution < -0.4 is 15.8 Å². The highest BCUT2D eigenvalue weighted by Gasteiger charge is 2.35. The van der Waals surface area contributed by atoms with E-state index < -0.39 is 17.6 Å². The summed E-state index contributed by atoms with van der Waals surface area (Å²) in [5.41, 5.74) is 6.80. The highest BCUT2D eigenvalue weighted by Crippen LogP contribution is 2.24. The van der Waals surface area contributed by atoms with E-state index in [4.69, 9.17) is 10.5 Å². The van der Waals surface area contributed by atoms with Crippen LogP contribution in [0.2, 0.25) is 0 Å². The van der Waals surface area contributed by atoms with Crippen molar-refractivity contribution in [3.05, 3.63) is 65.7 Å². The first kappa shape index (κ1) is 18.0. The van der Waals surface area contributed by atoms with Crippen molar-refractivity contribution in [3.8, 4) is 5.75 Å². The summed E-state index contributed by atoms with van der Waals surface area (Å²) in [6, 6.07) is 16.8. The largest absolute Gasteiger partial charge is 0.497 e. The molecule has 0 aliphatic carbocycles. The second kappa shape index (κ2) is 7.95. The van der Waals surface area contributed by atoms with Crippen molar-refractivity contribution in [3.63, 3.8) is 0 Å². The molecule has 128 valence electrons. The molecule has 2 atom stereocenters. The molecule has 0 spiro atoms. The van der Waals surface area contributed by atoms with Crippen LogP contribution in [0.3, 0.4) is 0 Å². The van der Waals surface area contributed by atoms with Crippen molar-refractivity contribution in [2.75, 3.05) is 13.7 Å². The Balaban J connectivity index is 1.94. The molecule has 0 radical (unpaired) electrons. The molecule has 0 saturated carbocycles. The molecule has 0 aliphatic rings. The van der Waals surface area contributed by atoms with E-state index in [-0.39, 0.29) is 0 Å². The highest BCUT2D eigenvalue weighted by molar-refractivity contribution is 5.82. The van der Waals surface area contributed by atoms with Gasteiger partial charge in [0.25, 0.3) is 5.91 Å². The number of aliphatic hydroxyl groups is 1. The Kier molecular flexibility index (Phi) is 5.95. The Morgan fingerprint density at radius 1 is 1.21 bits per heavy atom.